The van der Waals surface area contributed by atoms with Crippen LogP contribution in [0.2, 0.25) is 5.02 Å². The zero-order chi connectivity index (χ0) is 21.4. The highest BCUT2D eigenvalue weighted by atomic mass is 35.5. The van der Waals surface area contributed by atoms with Gasteiger partial charge >= 0.3 is 0 Å². The summed E-state index contributed by atoms with van der Waals surface area (Å²) >= 11 is 12.1. The van der Waals surface area contributed by atoms with Crippen LogP contribution in [0.5, 0.6) is 0 Å². The predicted molar refractivity (Wildman–Crippen MR) is 128 cm³/mol. The molecule has 2 aromatic carbocycles. The molecular weight excluding hydrogens is 426 g/mol. The molecule has 154 valence electrons. The summed E-state index contributed by atoms with van der Waals surface area (Å²) in [7, 11) is 0. The first-order chi connectivity index (χ1) is 15.1. The molecule has 3 heterocycles. The van der Waals surface area contributed by atoms with E-state index in [1.807, 2.05) is 85.8 Å². The Labute approximate surface area is 191 Å². The second-order valence-corrected chi connectivity index (χ2v) is 8.29. The SMILES string of the molecule is Cc1ccc(-c2ccc([C@@H]3[C@@H](c4ccccn4)NC(=S)N3c3ccccc3)o2)cc1Cl. The fourth-order valence-corrected chi connectivity index (χ4v) is 4.45. The van der Waals surface area contributed by atoms with Gasteiger partial charge in [0.25, 0.3) is 0 Å². The van der Waals surface area contributed by atoms with Crippen molar-refractivity contribution in [3.05, 3.63) is 107 Å². The summed E-state index contributed by atoms with van der Waals surface area (Å²) in [6, 6.07) is 25.6. The number of furan rings is 1. The van der Waals surface area contributed by atoms with Crippen LogP contribution in [0, 0.1) is 6.92 Å². The number of aromatic nitrogens is 1. The number of pyridine rings is 1. The third-order valence-electron chi connectivity index (χ3n) is 5.51. The summed E-state index contributed by atoms with van der Waals surface area (Å²) in [5.41, 5.74) is 3.88. The molecule has 6 heteroatoms. The molecular formula is C25H20ClN3OS. The molecule has 4 aromatic rings. The lowest BCUT2D eigenvalue weighted by atomic mass is 10.0. The highest BCUT2D eigenvalue weighted by Gasteiger charge is 2.42. The highest BCUT2D eigenvalue weighted by Crippen LogP contribution is 2.43. The molecule has 1 aliphatic rings. The molecule has 2 aromatic heterocycles. The predicted octanol–water partition coefficient (Wildman–Crippen LogP) is 6.48. The average Bonchev–Trinajstić information content (AvgIpc) is 3.41. The molecule has 4 nitrogen and oxygen atoms in total. The number of rotatable bonds is 4. The monoisotopic (exact) mass is 445 g/mol. The first-order valence-electron chi connectivity index (χ1n) is 10.0. The van der Waals surface area contributed by atoms with Gasteiger partial charge in [-0.1, -0.05) is 48.0 Å². The Morgan fingerprint density at radius 2 is 1.81 bits per heavy atom. The van der Waals surface area contributed by atoms with Gasteiger partial charge in [-0.05, 0) is 67.2 Å². The quantitative estimate of drug-likeness (QED) is 0.364. The minimum atomic E-state index is -0.181. The van der Waals surface area contributed by atoms with Gasteiger partial charge in [0.05, 0.1) is 11.7 Å². The zero-order valence-electron chi connectivity index (χ0n) is 16.8. The lowest BCUT2D eigenvalue weighted by molar-refractivity contribution is 0.439. The standard InChI is InChI=1S/C25H20ClN3OS/c1-16-10-11-17(15-19(16)26)21-12-13-22(30-21)24-23(20-9-5-6-14-27-20)28-25(31)29(24)18-7-3-2-4-8-18/h2-15,23-24H,1H3,(H,28,31)/t23-,24-/m1/s1. The minimum absolute atomic E-state index is 0.144. The average molecular weight is 446 g/mol. The Balaban J connectivity index is 1.59. The smallest absolute Gasteiger partial charge is 0.174 e. The largest absolute Gasteiger partial charge is 0.459 e. The van der Waals surface area contributed by atoms with Crippen LogP contribution in [0.1, 0.15) is 29.1 Å². The lowest BCUT2D eigenvalue weighted by Gasteiger charge is -2.26. The summed E-state index contributed by atoms with van der Waals surface area (Å²) in [5.74, 6) is 1.57. The van der Waals surface area contributed by atoms with Crippen LogP contribution in [0.4, 0.5) is 5.69 Å². The summed E-state index contributed by atoms with van der Waals surface area (Å²) in [6.07, 6.45) is 1.80. The maximum atomic E-state index is 6.37. The van der Waals surface area contributed by atoms with Crippen molar-refractivity contribution in [2.75, 3.05) is 4.90 Å². The van der Waals surface area contributed by atoms with Crippen LogP contribution in [0.25, 0.3) is 11.3 Å². The van der Waals surface area contributed by atoms with Crippen molar-refractivity contribution in [2.45, 2.75) is 19.0 Å². The van der Waals surface area contributed by atoms with Crippen molar-refractivity contribution in [1.82, 2.24) is 10.3 Å². The van der Waals surface area contributed by atoms with E-state index in [0.717, 1.165) is 39.1 Å². The van der Waals surface area contributed by atoms with Gasteiger partial charge in [0.15, 0.2) is 5.11 Å². The maximum absolute atomic E-state index is 6.37. The fraction of sp³-hybridized carbons (Fsp3) is 0.120. The molecule has 0 spiro atoms. The van der Waals surface area contributed by atoms with Crippen LogP contribution in [0.15, 0.2) is 89.5 Å². The Morgan fingerprint density at radius 1 is 1.00 bits per heavy atom. The number of hydrogen-bond donors (Lipinski definition) is 1. The Hall–Kier alpha value is -3.15. The Kier molecular flexibility index (Phi) is 5.22. The number of anilines is 1. The Morgan fingerprint density at radius 3 is 2.55 bits per heavy atom. The first-order valence-corrected chi connectivity index (χ1v) is 10.8. The van der Waals surface area contributed by atoms with Gasteiger partial charge in [0.1, 0.15) is 17.6 Å². The van der Waals surface area contributed by atoms with Crippen LogP contribution >= 0.6 is 23.8 Å². The Bertz CT molecular complexity index is 1230. The van der Waals surface area contributed by atoms with Crippen molar-refractivity contribution in [1.29, 1.82) is 0 Å². The van der Waals surface area contributed by atoms with E-state index < -0.39 is 0 Å². The number of para-hydroxylation sites is 1. The van der Waals surface area contributed by atoms with Gasteiger partial charge in [-0.15, -0.1) is 0 Å². The van der Waals surface area contributed by atoms with Crippen LogP contribution in [-0.2, 0) is 0 Å². The summed E-state index contributed by atoms with van der Waals surface area (Å²) in [6.45, 7) is 1.99. The molecule has 31 heavy (non-hydrogen) atoms. The third kappa shape index (κ3) is 3.71. The van der Waals surface area contributed by atoms with E-state index >= 15 is 0 Å². The third-order valence-corrected chi connectivity index (χ3v) is 6.23. The topological polar surface area (TPSA) is 41.3 Å². The van der Waals surface area contributed by atoms with Crippen LogP contribution in [-0.4, -0.2) is 10.1 Å². The molecule has 0 amide bonds. The molecule has 1 N–H and O–H groups in total. The molecule has 0 unspecified atom stereocenters. The van der Waals surface area contributed by atoms with E-state index in [1.165, 1.54) is 0 Å². The summed E-state index contributed by atoms with van der Waals surface area (Å²) < 4.78 is 6.37. The number of nitrogens with zero attached hydrogens (tertiary/aromatic N) is 2. The van der Waals surface area contributed by atoms with Gasteiger partial charge in [-0.25, -0.2) is 0 Å². The molecule has 0 bridgehead atoms. The molecule has 2 atom stereocenters. The maximum Gasteiger partial charge on any atom is 0.174 e. The molecule has 0 saturated carbocycles. The number of nitrogens with one attached hydrogen (secondary N) is 1. The molecule has 1 saturated heterocycles. The number of aryl methyl sites for hydroxylation is 1. The first kappa shape index (κ1) is 19.8. The van der Waals surface area contributed by atoms with Crippen LogP contribution in [0.3, 0.4) is 0 Å². The lowest BCUT2D eigenvalue weighted by Crippen LogP contribution is -2.29. The molecule has 0 radical (unpaired) electrons. The summed E-state index contributed by atoms with van der Waals surface area (Å²) in [5, 5.41) is 4.81. The number of benzene rings is 2. The van der Waals surface area contributed by atoms with Crippen molar-refractivity contribution < 1.29 is 4.42 Å². The van der Waals surface area contributed by atoms with Gasteiger partial charge in [-0.3, -0.25) is 4.98 Å². The molecule has 1 aliphatic heterocycles. The normalized spacial score (nSPS) is 18.3. The molecule has 0 aliphatic carbocycles. The van der Waals surface area contributed by atoms with E-state index in [-0.39, 0.29) is 12.1 Å². The molecule has 1 fully saturated rings. The minimum Gasteiger partial charge on any atom is -0.459 e. The van der Waals surface area contributed by atoms with Crippen molar-refractivity contribution in [3.8, 4) is 11.3 Å². The summed E-state index contributed by atoms with van der Waals surface area (Å²) in [4.78, 5) is 6.67. The number of halogens is 1. The fourth-order valence-electron chi connectivity index (χ4n) is 3.92. The van der Waals surface area contributed by atoms with Crippen molar-refractivity contribution >= 4 is 34.6 Å². The number of thiocarbonyl (C=S) groups is 1. The van der Waals surface area contributed by atoms with Gasteiger partial charge < -0.3 is 14.6 Å². The van der Waals surface area contributed by atoms with E-state index in [9.17, 15) is 0 Å². The highest BCUT2D eigenvalue weighted by molar-refractivity contribution is 7.80. The number of hydrogen-bond acceptors (Lipinski definition) is 3. The van der Waals surface area contributed by atoms with Crippen molar-refractivity contribution in [3.63, 3.8) is 0 Å². The second-order valence-electron chi connectivity index (χ2n) is 7.50. The van der Waals surface area contributed by atoms with Gasteiger partial charge in [0, 0.05) is 22.5 Å². The van der Waals surface area contributed by atoms with E-state index in [1.54, 1.807) is 6.20 Å². The van der Waals surface area contributed by atoms with Crippen molar-refractivity contribution in [2.24, 2.45) is 0 Å². The van der Waals surface area contributed by atoms with Gasteiger partial charge in [0.2, 0.25) is 0 Å². The van der Waals surface area contributed by atoms with E-state index in [2.05, 4.69) is 15.2 Å². The van der Waals surface area contributed by atoms with E-state index in [4.69, 9.17) is 28.2 Å². The second kappa shape index (κ2) is 8.17. The zero-order valence-corrected chi connectivity index (χ0v) is 18.4. The van der Waals surface area contributed by atoms with E-state index in [0.29, 0.717) is 5.11 Å². The molecule has 5 rings (SSSR count). The van der Waals surface area contributed by atoms with Crippen LogP contribution < -0.4 is 10.2 Å². The van der Waals surface area contributed by atoms with Gasteiger partial charge in [-0.2, -0.15) is 0 Å².